The van der Waals surface area contributed by atoms with E-state index in [0.29, 0.717) is 12.8 Å². The van der Waals surface area contributed by atoms with Crippen LogP contribution in [0.25, 0.3) is 0 Å². The van der Waals surface area contributed by atoms with Gasteiger partial charge in [0, 0.05) is 12.8 Å². The molecule has 22 heavy (non-hydrogen) atoms. The van der Waals surface area contributed by atoms with Gasteiger partial charge in [0.05, 0.1) is 25.7 Å². The number of carbonyl (C=O) groups is 2. The van der Waals surface area contributed by atoms with E-state index >= 15 is 0 Å². The summed E-state index contributed by atoms with van der Waals surface area (Å²) in [7, 11) is 2.64. The lowest BCUT2D eigenvalue weighted by Gasteiger charge is -2.28. The number of hydrogen-bond donors (Lipinski definition) is 0. The number of nitriles is 1. The molecule has 0 aliphatic rings. The predicted molar refractivity (Wildman–Crippen MR) is 81.0 cm³/mol. The standard InChI is InChI=1S/C17H21NO4/c1-13-6-4-5-7-14(13)17(12-18,10-8-15(19)21-2)11-9-16(20)22-3/h4-7H,8-11H2,1-3H3. The zero-order chi connectivity index (χ0) is 16.6. The largest absolute Gasteiger partial charge is 0.469 e. The minimum atomic E-state index is -0.909. The fourth-order valence-electron chi connectivity index (χ4n) is 2.51. The van der Waals surface area contributed by atoms with Gasteiger partial charge in [0.2, 0.25) is 0 Å². The van der Waals surface area contributed by atoms with Crippen LogP contribution in [0.2, 0.25) is 0 Å². The number of methoxy groups -OCH3 is 2. The highest BCUT2D eigenvalue weighted by atomic mass is 16.5. The van der Waals surface area contributed by atoms with Crippen LogP contribution in [-0.2, 0) is 24.5 Å². The molecule has 0 fully saturated rings. The molecule has 0 spiro atoms. The molecule has 0 aliphatic carbocycles. The van der Waals surface area contributed by atoms with Gasteiger partial charge < -0.3 is 9.47 Å². The van der Waals surface area contributed by atoms with E-state index in [1.165, 1.54) is 14.2 Å². The van der Waals surface area contributed by atoms with E-state index < -0.39 is 5.41 Å². The molecule has 0 saturated heterocycles. The van der Waals surface area contributed by atoms with Gasteiger partial charge >= 0.3 is 11.9 Å². The van der Waals surface area contributed by atoms with Gasteiger partial charge in [-0.1, -0.05) is 24.3 Å². The molecule has 1 rings (SSSR count). The molecule has 0 aromatic heterocycles. The molecule has 5 nitrogen and oxygen atoms in total. The number of benzene rings is 1. The average molecular weight is 303 g/mol. The molecule has 0 radical (unpaired) electrons. The van der Waals surface area contributed by atoms with Gasteiger partial charge in [-0.3, -0.25) is 9.59 Å². The Hall–Kier alpha value is -2.35. The molecule has 0 unspecified atom stereocenters. The Bertz CT molecular complexity index is 554. The number of rotatable bonds is 7. The number of ether oxygens (including phenoxy) is 2. The van der Waals surface area contributed by atoms with E-state index in [1.807, 2.05) is 31.2 Å². The van der Waals surface area contributed by atoms with Gasteiger partial charge in [-0.25, -0.2) is 0 Å². The second kappa shape index (κ2) is 8.18. The van der Waals surface area contributed by atoms with E-state index in [2.05, 4.69) is 15.5 Å². The van der Waals surface area contributed by atoms with Crippen molar-refractivity contribution >= 4 is 11.9 Å². The van der Waals surface area contributed by atoms with Crippen molar-refractivity contribution in [3.63, 3.8) is 0 Å². The Kier molecular flexibility index (Phi) is 6.58. The summed E-state index contributed by atoms with van der Waals surface area (Å²) in [6.07, 6.45) is 0.856. The third kappa shape index (κ3) is 4.32. The number of hydrogen-bond acceptors (Lipinski definition) is 5. The maximum Gasteiger partial charge on any atom is 0.305 e. The molecule has 1 aromatic carbocycles. The lowest BCUT2D eigenvalue weighted by atomic mass is 9.73. The molecule has 0 heterocycles. The van der Waals surface area contributed by atoms with Crippen LogP contribution >= 0.6 is 0 Å². The predicted octanol–water partition coefficient (Wildman–Crippen LogP) is 2.66. The van der Waals surface area contributed by atoms with Crippen molar-refractivity contribution in [3.05, 3.63) is 35.4 Å². The summed E-state index contributed by atoms with van der Waals surface area (Å²) in [5, 5.41) is 9.77. The van der Waals surface area contributed by atoms with Crippen molar-refractivity contribution in [2.45, 2.75) is 38.0 Å². The zero-order valence-corrected chi connectivity index (χ0v) is 13.2. The van der Waals surface area contributed by atoms with Gasteiger partial charge in [-0.15, -0.1) is 0 Å². The fourth-order valence-corrected chi connectivity index (χ4v) is 2.51. The van der Waals surface area contributed by atoms with Crippen molar-refractivity contribution in [3.8, 4) is 6.07 Å². The molecule has 0 aliphatic heterocycles. The Balaban J connectivity index is 3.11. The molecule has 1 aromatic rings. The van der Waals surface area contributed by atoms with Crippen LogP contribution in [0.4, 0.5) is 0 Å². The third-order valence-electron chi connectivity index (χ3n) is 3.84. The van der Waals surface area contributed by atoms with E-state index in [-0.39, 0.29) is 24.8 Å². The zero-order valence-electron chi connectivity index (χ0n) is 13.2. The highest BCUT2D eigenvalue weighted by molar-refractivity contribution is 5.70. The van der Waals surface area contributed by atoms with E-state index in [9.17, 15) is 14.9 Å². The van der Waals surface area contributed by atoms with Gasteiger partial charge in [0.15, 0.2) is 0 Å². The molecule has 0 saturated carbocycles. The minimum Gasteiger partial charge on any atom is -0.469 e. The van der Waals surface area contributed by atoms with Crippen molar-refractivity contribution in [2.24, 2.45) is 0 Å². The summed E-state index contributed by atoms with van der Waals surface area (Å²) in [5.74, 6) is -0.738. The Morgan fingerprint density at radius 2 is 1.59 bits per heavy atom. The first-order valence-electron chi connectivity index (χ1n) is 7.10. The second-order valence-electron chi connectivity index (χ2n) is 5.16. The lowest BCUT2D eigenvalue weighted by Crippen LogP contribution is -2.28. The highest BCUT2D eigenvalue weighted by Gasteiger charge is 2.34. The van der Waals surface area contributed by atoms with Gasteiger partial charge in [-0.05, 0) is 30.9 Å². The van der Waals surface area contributed by atoms with Crippen molar-refractivity contribution < 1.29 is 19.1 Å². The first kappa shape index (κ1) is 17.7. The monoisotopic (exact) mass is 303 g/mol. The Morgan fingerprint density at radius 3 is 2.00 bits per heavy atom. The Labute approximate surface area is 130 Å². The van der Waals surface area contributed by atoms with Gasteiger partial charge in [0.25, 0.3) is 0 Å². The van der Waals surface area contributed by atoms with Crippen molar-refractivity contribution in [1.29, 1.82) is 5.26 Å². The van der Waals surface area contributed by atoms with E-state index in [0.717, 1.165) is 11.1 Å². The van der Waals surface area contributed by atoms with E-state index in [1.54, 1.807) is 0 Å². The minimum absolute atomic E-state index is 0.125. The SMILES string of the molecule is COC(=O)CCC(C#N)(CCC(=O)OC)c1ccccc1C. The van der Waals surface area contributed by atoms with Crippen molar-refractivity contribution in [1.82, 2.24) is 0 Å². The summed E-state index contributed by atoms with van der Waals surface area (Å²) in [6.45, 7) is 1.91. The van der Waals surface area contributed by atoms with Gasteiger partial charge in [0.1, 0.15) is 0 Å². The number of aryl methyl sites for hydroxylation is 1. The normalized spacial score (nSPS) is 10.6. The van der Waals surface area contributed by atoms with Crippen LogP contribution in [0.3, 0.4) is 0 Å². The second-order valence-corrected chi connectivity index (χ2v) is 5.16. The molecule has 5 heteroatoms. The molecular weight excluding hydrogens is 282 g/mol. The fraction of sp³-hybridized carbons (Fsp3) is 0.471. The first-order chi connectivity index (χ1) is 10.5. The summed E-state index contributed by atoms with van der Waals surface area (Å²) in [6, 6.07) is 9.84. The van der Waals surface area contributed by atoms with Crippen LogP contribution < -0.4 is 0 Å². The summed E-state index contributed by atoms with van der Waals surface area (Å²) >= 11 is 0. The average Bonchev–Trinajstić information content (AvgIpc) is 2.55. The number of esters is 2. The maximum absolute atomic E-state index is 11.5. The molecule has 118 valence electrons. The highest BCUT2D eigenvalue weighted by Crippen LogP contribution is 2.36. The van der Waals surface area contributed by atoms with Crippen molar-refractivity contribution in [2.75, 3.05) is 14.2 Å². The molecule has 0 atom stereocenters. The third-order valence-corrected chi connectivity index (χ3v) is 3.84. The summed E-state index contributed by atoms with van der Waals surface area (Å²) in [4.78, 5) is 22.9. The molecule has 0 amide bonds. The number of carbonyl (C=O) groups excluding carboxylic acids is 2. The van der Waals surface area contributed by atoms with E-state index in [4.69, 9.17) is 0 Å². The smallest absolute Gasteiger partial charge is 0.305 e. The summed E-state index contributed by atoms with van der Waals surface area (Å²) in [5.41, 5.74) is 0.886. The molecular formula is C17H21NO4. The summed E-state index contributed by atoms with van der Waals surface area (Å²) < 4.78 is 9.33. The topological polar surface area (TPSA) is 76.4 Å². The molecule has 0 bridgehead atoms. The number of nitrogens with zero attached hydrogens (tertiary/aromatic N) is 1. The van der Waals surface area contributed by atoms with Gasteiger partial charge in [-0.2, -0.15) is 5.26 Å². The van der Waals surface area contributed by atoms with Crippen LogP contribution in [0.1, 0.15) is 36.8 Å². The van der Waals surface area contributed by atoms with Crippen LogP contribution in [0, 0.1) is 18.3 Å². The molecule has 0 N–H and O–H groups in total. The lowest BCUT2D eigenvalue weighted by molar-refractivity contribution is -0.141. The maximum atomic E-state index is 11.5. The van der Waals surface area contributed by atoms with Crippen LogP contribution in [0.5, 0.6) is 0 Å². The first-order valence-corrected chi connectivity index (χ1v) is 7.10. The quantitative estimate of drug-likeness (QED) is 0.724. The van der Waals surface area contributed by atoms with Crippen LogP contribution in [-0.4, -0.2) is 26.2 Å². The Morgan fingerprint density at radius 1 is 1.09 bits per heavy atom. The van der Waals surface area contributed by atoms with Crippen LogP contribution in [0.15, 0.2) is 24.3 Å².